The molecule has 1 aliphatic rings. The van der Waals surface area contributed by atoms with Crippen LogP contribution in [-0.4, -0.2) is 33.6 Å². The molecule has 6 heteroatoms. The molecule has 2 N–H and O–H groups in total. The summed E-state index contributed by atoms with van der Waals surface area (Å²) in [6.07, 6.45) is 4.93. The van der Waals surface area contributed by atoms with Crippen LogP contribution in [0, 0.1) is 6.92 Å². The number of fused-ring (bicyclic) bond motifs is 1. The Balaban J connectivity index is 2.08. The quantitative estimate of drug-likeness (QED) is 0.781. The van der Waals surface area contributed by atoms with E-state index in [1.54, 1.807) is 12.3 Å². The van der Waals surface area contributed by atoms with Crippen molar-refractivity contribution in [2.24, 2.45) is 0 Å². The highest BCUT2D eigenvalue weighted by atomic mass is 16.5. The van der Waals surface area contributed by atoms with Gasteiger partial charge in [0, 0.05) is 12.0 Å². The van der Waals surface area contributed by atoms with Crippen LogP contribution in [0.4, 0.5) is 0 Å². The van der Waals surface area contributed by atoms with Gasteiger partial charge in [0.05, 0.1) is 11.7 Å². The Morgan fingerprint density at radius 1 is 1.37 bits per heavy atom. The van der Waals surface area contributed by atoms with E-state index in [9.17, 15) is 10.0 Å². The highest BCUT2D eigenvalue weighted by Gasteiger charge is 2.21. The lowest BCUT2D eigenvalue weighted by atomic mass is 9.77. The fourth-order valence-corrected chi connectivity index (χ4v) is 2.65. The SMILES string of the molecule is Cc1cc2cnn([C@@H]3CCCCO3)c2cc1B(O)O. The van der Waals surface area contributed by atoms with Gasteiger partial charge in [-0.1, -0.05) is 5.56 Å². The van der Waals surface area contributed by atoms with Gasteiger partial charge < -0.3 is 14.8 Å². The van der Waals surface area contributed by atoms with Crippen molar-refractivity contribution >= 4 is 23.5 Å². The molecule has 0 unspecified atom stereocenters. The summed E-state index contributed by atoms with van der Waals surface area (Å²) in [5.74, 6) is 0. The van der Waals surface area contributed by atoms with E-state index in [0.717, 1.165) is 42.3 Å². The summed E-state index contributed by atoms with van der Waals surface area (Å²) in [6.45, 7) is 2.62. The largest absolute Gasteiger partial charge is 0.488 e. The van der Waals surface area contributed by atoms with Crippen LogP contribution in [0.5, 0.6) is 0 Å². The number of hydrogen-bond acceptors (Lipinski definition) is 4. The summed E-state index contributed by atoms with van der Waals surface area (Å²) in [5, 5.41) is 24.2. The van der Waals surface area contributed by atoms with Crippen LogP contribution in [0.15, 0.2) is 18.3 Å². The normalized spacial score (nSPS) is 19.8. The number of rotatable bonds is 2. The average Bonchev–Trinajstić information content (AvgIpc) is 2.81. The second-order valence-corrected chi connectivity index (χ2v) is 5.05. The Hall–Kier alpha value is -1.37. The number of aromatic nitrogens is 2. The molecule has 1 aliphatic heterocycles. The maximum Gasteiger partial charge on any atom is 0.488 e. The Kier molecular flexibility index (Phi) is 3.30. The van der Waals surface area contributed by atoms with Gasteiger partial charge in [-0.3, -0.25) is 0 Å². The minimum Gasteiger partial charge on any atom is -0.423 e. The lowest BCUT2D eigenvalue weighted by molar-refractivity contribution is -0.0366. The molecule has 1 aromatic carbocycles. The maximum atomic E-state index is 9.40. The summed E-state index contributed by atoms with van der Waals surface area (Å²) < 4.78 is 7.58. The first kappa shape index (κ1) is 12.7. The van der Waals surface area contributed by atoms with E-state index in [0.29, 0.717) is 5.46 Å². The smallest absolute Gasteiger partial charge is 0.423 e. The van der Waals surface area contributed by atoms with Gasteiger partial charge in [-0.25, -0.2) is 4.68 Å². The van der Waals surface area contributed by atoms with E-state index in [1.807, 2.05) is 17.7 Å². The van der Waals surface area contributed by atoms with Crippen LogP contribution in [0.3, 0.4) is 0 Å². The van der Waals surface area contributed by atoms with E-state index >= 15 is 0 Å². The number of benzene rings is 1. The molecule has 1 atom stereocenters. The lowest BCUT2D eigenvalue weighted by Gasteiger charge is -2.23. The highest BCUT2D eigenvalue weighted by Crippen LogP contribution is 2.26. The first-order valence-electron chi connectivity index (χ1n) is 6.62. The van der Waals surface area contributed by atoms with Crippen molar-refractivity contribution in [1.29, 1.82) is 0 Å². The van der Waals surface area contributed by atoms with Crippen LogP contribution >= 0.6 is 0 Å². The first-order valence-corrected chi connectivity index (χ1v) is 6.62. The summed E-state index contributed by atoms with van der Waals surface area (Å²) in [5.41, 5.74) is 2.26. The van der Waals surface area contributed by atoms with Crippen LogP contribution < -0.4 is 5.46 Å². The maximum absolute atomic E-state index is 9.40. The van der Waals surface area contributed by atoms with Crippen molar-refractivity contribution < 1.29 is 14.8 Å². The molecule has 2 aromatic rings. The fourth-order valence-electron chi connectivity index (χ4n) is 2.65. The van der Waals surface area contributed by atoms with Crippen molar-refractivity contribution in [2.45, 2.75) is 32.4 Å². The molecule has 0 radical (unpaired) electrons. The fraction of sp³-hybridized carbons (Fsp3) is 0.462. The molecule has 100 valence electrons. The Morgan fingerprint density at radius 2 is 2.21 bits per heavy atom. The van der Waals surface area contributed by atoms with Crippen molar-refractivity contribution in [2.75, 3.05) is 6.61 Å². The van der Waals surface area contributed by atoms with E-state index in [2.05, 4.69) is 5.10 Å². The molecule has 19 heavy (non-hydrogen) atoms. The molecule has 0 saturated carbocycles. The van der Waals surface area contributed by atoms with Gasteiger partial charge in [-0.05, 0) is 43.8 Å². The summed E-state index contributed by atoms with van der Waals surface area (Å²) in [6, 6.07) is 3.72. The highest BCUT2D eigenvalue weighted by molar-refractivity contribution is 6.59. The molecule has 1 saturated heterocycles. The second kappa shape index (κ2) is 4.96. The number of aryl methyl sites for hydroxylation is 1. The van der Waals surface area contributed by atoms with E-state index < -0.39 is 7.12 Å². The predicted octanol–water partition coefficient (Wildman–Crippen LogP) is 0.724. The third kappa shape index (κ3) is 2.27. The van der Waals surface area contributed by atoms with Gasteiger partial charge in [0.25, 0.3) is 0 Å². The van der Waals surface area contributed by atoms with Gasteiger partial charge in [-0.15, -0.1) is 0 Å². The topological polar surface area (TPSA) is 67.5 Å². The Labute approximate surface area is 111 Å². The van der Waals surface area contributed by atoms with Crippen LogP contribution in [0.1, 0.15) is 31.1 Å². The van der Waals surface area contributed by atoms with Crippen molar-refractivity contribution in [3.05, 3.63) is 23.9 Å². The molecular weight excluding hydrogens is 243 g/mol. The summed E-state index contributed by atoms with van der Waals surface area (Å²) in [4.78, 5) is 0. The van der Waals surface area contributed by atoms with Gasteiger partial charge in [0.1, 0.15) is 0 Å². The van der Waals surface area contributed by atoms with E-state index in [1.165, 1.54) is 0 Å². The van der Waals surface area contributed by atoms with Gasteiger partial charge >= 0.3 is 7.12 Å². The third-order valence-electron chi connectivity index (χ3n) is 3.69. The minimum absolute atomic E-state index is 0.0439. The zero-order valence-electron chi connectivity index (χ0n) is 10.9. The molecule has 0 amide bonds. The van der Waals surface area contributed by atoms with Crippen LogP contribution in [0.2, 0.25) is 0 Å². The molecule has 2 heterocycles. The summed E-state index contributed by atoms with van der Waals surface area (Å²) in [7, 11) is -1.46. The van der Waals surface area contributed by atoms with Gasteiger partial charge in [-0.2, -0.15) is 5.10 Å². The standard InChI is InChI=1S/C13H17BN2O3/c1-9-6-10-8-15-16(13-4-2-3-5-19-13)12(10)7-11(9)14(17)18/h6-8,13,17-18H,2-5H2,1H3/t13-/m0/s1. The molecule has 0 bridgehead atoms. The lowest BCUT2D eigenvalue weighted by Crippen LogP contribution is -2.32. The molecule has 5 nitrogen and oxygen atoms in total. The monoisotopic (exact) mass is 260 g/mol. The zero-order valence-corrected chi connectivity index (χ0v) is 10.9. The average molecular weight is 260 g/mol. The second-order valence-electron chi connectivity index (χ2n) is 5.05. The molecule has 1 aromatic heterocycles. The molecular formula is C13H17BN2O3. The van der Waals surface area contributed by atoms with E-state index in [4.69, 9.17) is 4.74 Å². The van der Waals surface area contributed by atoms with E-state index in [-0.39, 0.29) is 6.23 Å². The first-order chi connectivity index (χ1) is 9.16. The molecule has 3 rings (SSSR count). The predicted molar refractivity (Wildman–Crippen MR) is 73.1 cm³/mol. The van der Waals surface area contributed by atoms with Crippen LogP contribution in [-0.2, 0) is 4.74 Å². The molecule has 0 aliphatic carbocycles. The third-order valence-corrected chi connectivity index (χ3v) is 3.69. The number of hydrogen-bond donors (Lipinski definition) is 2. The van der Waals surface area contributed by atoms with Crippen molar-refractivity contribution in [3.8, 4) is 0 Å². The van der Waals surface area contributed by atoms with Crippen LogP contribution in [0.25, 0.3) is 10.9 Å². The Bertz CT molecular complexity index is 591. The molecule has 0 spiro atoms. The molecule has 1 fully saturated rings. The van der Waals surface area contributed by atoms with Crippen molar-refractivity contribution in [1.82, 2.24) is 9.78 Å². The minimum atomic E-state index is -1.46. The van der Waals surface area contributed by atoms with Crippen molar-refractivity contribution in [3.63, 3.8) is 0 Å². The van der Waals surface area contributed by atoms with Gasteiger partial charge in [0.2, 0.25) is 0 Å². The number of ether oxygens (including phenoxy) is 1. The summed E-state index contributed by atoms with van der Waals surface area (Å²) >= 11 is 0. The zero-order chi connectivity index (χ0) is 13.4. The van der Waals surface area contributed by atoms with Gasteiger partial charge in [0.15, 0.2) is 6.23 Å². The Morgan fingerprint density at radius 3 is 2.89 bits per heavy atom. The number of nitrogens with zero attached hydrogens (tertiary/aromatic N) is 2.